The van der Waals surface area contributed by atoms with Gasteiger partial charge in [0.2, 0.25) is 0 Å². The average Bonchev–Trinajstić information content (AvgIpc) is 3.48. The van der Waals surface area contributed by atoms with Crippen molar-refractivity contribution in [3.63, 3.8) is 0 Å². The van der Waals surface area contributed by atoms with E-state index in [2.05, 4.69) is 16.3 Å². The van der Waals surface area contributed by atoms with E-state index in [0.29, 0.717) is 27.8 Å². The van der Waals surface area contributed by atoms with Crippen LogP contribution in [0.5, 0.6) is 0 Å². The van der Waals surface area contributed by atoms with Gasteiger partial charge in [0.05, 0.1) is 39.4 Å². The monoisotopic (exact) mass is 457 g/mol. The Hall–Kier alpha value is -5.03. The summed E-state index contributed by atoms with van der Waals surface area (Å²) in [5.74, 6) is 0.534. The Morgan fingerprint density at radius 2 is 1.77 bits per heavy atom. The van der Waals surface area contributed by atoms with E-state index in [0.717, 1.165) is 27.9 Å². The number of imidazole rings is 1. The SMILES string of the molecule is Cc1c(-c2cccc3c2nc(-c2cnn(C)c2)n3C#N)cccc1-n1cnc2ccccc2c1=O. The molecule has 0 aliphatic carbocycles. The standard InChI is InChI=1S/C27H19N7O/c1-17-19(8-5-11-23(17)34-16-29-22-10-4-3-7-21(22)27(34)35)20-9-6-12-24-25(20)31-26(33(24)15-28)18-13-30-32(2)14-18/h3-14,16H,1-2H3. The molecule has 0 fully saturated rings. The molecule has 0 saturated carbocycles. The Morgan fingerprint density at radius 1 is 0.971 bits per heavy atom. The zero-order valence-electron chi connectivity index (χ0n) is 19.0. The molecule has 0 aliphatic rings. The Balaban J connectivity index is 1.58. The zero-order chi connectivity index (χ0) is 24.1. The molecule has 0 atom stereocenters. The number of para-hydroxylation sites is 2. The largest absolute Gasteiger partial charge is 0.275 e. The Bertz CT molecular complexity index is 1870. The quantitative estimate of drug-likeness (QED) is 0.392. The van der Waals surface area contributed by atoms with E-state index in [1.54, 1.807) is 27.8 Å². The highest BCUT2D eigenvalue weighted by atomic mass is 16.1. The molecule has 0 aliphatic heterocycles. The van der Waals surface area contributed by atoms with Crippen molar-refractivity contribution in [3.8, 4) is 34.4 Å². The van der Waals surface area contributed by atoms with Gasteiger partial charge >= 0.3 is 0 Å². The lowest BCUT2D eigenvalue weighted by molar-refractivity contribution is 0.768. The van der Waals surface area contributed by atoms with E-state index in [9.17, 15) is 10.1 Å². The molecule has 0 bridgehead atoms. The number of hydrogen-bond acceptors (Lipinski definition) is 5. The third-order valence-corrected chi connectivity index (χ3v) is 6.27. The normalized spacial score (nSPS) is 11.2. The van der Waals surface area contributed by atoms with E-state index in [4.69, 9.17) is 4.98 Å². The lowest BCUT2D eigenvalue weighted by Gasteiger charge is -2.14. The van der Waals surface area contributed by atoms with Crippen molar-refractivity contribution in [2.24, 2.45) is 7.05 Å². The molecule has 6 rings (SSSR count). The number of nitriles is 1. The Morgan fingerprint density at radius 3 is 2.57 bits per heavy atom. The number of aryl methyl sites for hydroxylation is 1. The molecule has 0 spiro atoms. The summed E-state index contributed by atoms with van der Waals surface area (Å²) in [5, 5.41) is 14.7. The second-order valence-corrected chi connectivity index (χ2v) is 8.33. The van der Waals surface area contributed by atoms with Gasteiger partial charge in [-0.1, -0.05) is 36.4 Å². The first-order valence-corrected chi connectivity index (χ1v) is 11.0. The molecular weight excluding hydrogens is 438 g/mol. The number of rotatable bonds is 3. The van der Waals surface area contributed by atoms with Gasteiger partial charge in [0.1, 0.15) is 6.33 Å². The maximum absolute atomic E-state index is 13.3. The highest BCUT2D eigenvalue weighted by Crippen LogP contribution is 2.34. The average molecular weight is 457 g/mol. The van der Waals surface area contributed by atoms with Crippen LogP contribution in [0.1, 0.15) is 5.56 Å². The molecule has 0 amide bonds. The number of benzene rings is 3. The van der Waals surface area contributed by atoms with E-state index in [-0.39, 0.29) is 5.56 Å². The molecule has 35 heavy (non-hydrogen) atoms. The van der Waals surface area contributed by atoms with Crippen molar-refractivity contribution in [1.29, 1.82) is 5.26 Å². The summed E-state index contributed by atoms with van der Waals surface area (Å²) in [7, 11) is 1.83. The van der Waals surface area contributed by atoms with Gasteiger partial charge in [-0.3, -0.25) is 14.0 Å². The van der Waals surface area contributed by atoms with Gasteiger partial charge in [0.15, 0.2) is 12.0 Å². The summed E-state index contributed by atoms with van der Waals surface area (Å²) in [6.07, 6.45) is 7.34. The van der Waals surface area contributed by atoms with Crippen LogP contribution >= 0.6 is 0 Å². The van der Waals surface area contributed by atoms with Gasteiger partial charge in [0, 0.05) is 18.8 Å². The molecule has 0 saturated heterocycles. The van der Waals surface area contributed by atoms with E-state index < -0.39 is 0 Å². The van der Waals surface area contributed by atoms with Crippen molar-refractivity contribution in [2.45, 2.75) is 6.92 Å². The fraction of sp³-hybridized carbons (Fsp3) is 0.0741. The van der Waals surface area contributed by atoms with E-state index >= 15 is 0 Å². The molecule has 8 nitrogen and oxygen atoms in total. The van der Waals surface area contributed by atoms with Crippen LogP contribution in [-0.2, 0) is 7.05 Å². The molecule has 8 heteroatoms. The third kappa shape index (κ3) is 3.14. The fourth-order valence-electron chi connectivity index (χ4n) is 4.57. The Labute approximate surface area is 200 Å². The summed E-state index contributed by atoms with van der Waals surface area (Å²) < 4.78 is 4.78. The van der Waals surface area contributed by atoms with Gasteiger partial charge < -0.3 is 0 Å². The molecule has 0 N–H and O–H groups in total. The van der Waals surface area contributed by atoms with Crippen molar-refractivity contribution < 1.29 is 0 Å². The molecule has 3 aromatic carbocycles. The molecule has 168 valence electrons. The second kappa shape index (κ2) is 7.78. The second-order valence-electron chi connectivity index (χ2n) is 8.33. The fourth-order valence-corrected chi connectivity index (χ4v) is 4.57. The maximum atomic E-state index is 13.3. The lowest BCUT2D eigenvalue weighted by Crippen LogP contribution is -2.19. The smallest absolute Gasteiger partial charge is 0.265 e. The summed E-state index contributed by atoms with van der Waals surface area (Å²) in [4.78, 5) is 22.6. The molecule has 3 heterocycles. The van der Waals surface area contributed by atoms with Crippen molar-refractivity contribution in [1.82, 2.24) is 28.9 Å². The first-order valence-electron chi connectivity index (χ1n) is 11.0. The van der Waals surface area contributed by atoms with Crippen LogP contribution in [0.25, 0.3) is 50.1 Å². The van der Waals surface area contributed by atoms with Crippen LogP contribution in [0.15, 0.2) is 84.2 Å². The highest BCUT2D eigenvalue weighted by molar-refractivity contribution is 5.96. The van der Waals surface area contributed by atoms with Gasteiger partial charge in [-0.05, 0) is 42.3 Å². The zero-order valence-corrected chi connectivity index (χ0v) is 19.0. The predicted molar refractivity (Wildman–Crippen MR) is 134 cm³/mol. The first kappa shape index (κ1) is 20.6. The number of fused-ring (bicyclic) bond motifs is 2. The highest BCUT2D eigenvalue weighted by Gasteiger charge is 2.19. The van der Waals surface area contributed by atoms with Gasteiger partial charge in [-0.2, -0.15) is 10.4 Å². The van der Waals surface area contributed by atoms with Crippen LogP contribution in [0, 0.1) is 18.4 Å². The van der Waals surface area contributed by atoms with Gasteiger partial charge in [0.25, 0.3) is 5.56 Å². The molecule has 3 aromatic heterocycles. The van der Waals surface area contributed by atoms with Crippen molar-refractivity contribution >= 4 is 21.9 Å². The molecule has 0 unspecified atom stereocenters. The van der Waals surface area contributed by atoms with Crippen LogP contribution in [0.2, 0.25) is 0 Å². The minimum atomic E-state index is -0.123. The number of nitrogens with zero attached hydrogens (tertiary/aromatic N) is 7. The van der Waals surface area contributed by atoms with Crippen LogP contribution < -0.4 is 5.56 Å². The van der Waals surface area contributed by atoms with Gasteiger partial charge in [-0.25, -0.2) is 14.5 Å². The van der Waals surface area contributed by atoms with E-state index in [1.807, 2.05) is 74.8 Å². The van der Waals surface area contributed by atoms with Crippen LogP contribution in [0.4, 0.5) is 0 Å². The summed E-state index contributed by atoms with van der Waals surface area (Å²) in [6.45, 7) is 1.98. The van der Waals surface area contributed by atoms with Gasteiger partial charge in [-0.15, -0.1) is 0 Å². The molecular formula is C27H19N7O. The number of hydrogen-bond donors (Lipinski definition) is 0. The van der Waals surface area contributed by atoms with Crippen molar-refractivity contribution in [2.75, 3.05) is 0 Å². The minimum Gasteiger partial charge on any atom is -0.275 e. The third-order valence-electron chi connectivity index (χ3n) is 6.27. The predicted octanol–water partition coefficient (Wildman–Crippen LogP) is 4.44. The van der Waals surface area contributed by atoms with Crippen LogP contribution in [-0.4, -0.2) is 28.9 Å². The topological polar surface area (TPSA) is 94.3 Å². The summed E-state index contributed by atoms with van der Waals surface area (Å²) in [6, 6.07) is 18.9. The summed E-state index contributed by atoms with van der Waals surface area (Å²) >= 11 is 0. The van der Waals surface area contributed by atoms with E-state index in [1.165, 1.54) is 4.57 Å². The summed E-state index contributed by atoms with van der Waals surface area (Å²) in [5.41, 5.74) is 6.17. The maximum Gasteiger partial charge on any atom is 0.265 e. The minimum absolute atomic E-state index is 0.123. The first-order chi connectivity index (χ1) is 17.1. The number of aromatic nitrogens is 6. The van der Waals surface area contributed by atoms with Crippen molar-refractivity contribution in [3.05, 3.63) is 95.3 Å². The van der Waals surface area contributed by atoms with Crippen LogP contribution in [0.3, 0.4) is 0 Å². The molecule has 6 aromatic rings. The Kier molecular flexibility index (Phi) is 4.57. The molecule has 0 radical (unpaired) electrons. The lowest BCUT2D eigenvalue weighted by atomic mass is 9.98.